The largest absolute Gasteiger partial charge is 0.387 e. The van der Waals surface area contributed by atoms with Crippen molar-refractivity contribution in [2.24, 2.45) is 0 Å². The second-order valence-electron chi connectivity index (χ2n) is 7.71. The Labute approximate surface area is 162 Å². The minimum atomic E-state index is -0.901. The predicted octanol–water partition coefficient (Wildman–Crippen LogP) is 3.16. The standard InChI is InChI=1S/C21H25N3O2S/c1-13-5-6-14(2)16(9-13)17-15(3)27-19-18(17)20(25)24(12-23-19)11-21(26)7-4-8-22-10-21/h5-6,9,12,22,26H,4,7-8,10-11H2,1-3H3. The van der Waals surface area contributed by atoms with E-state index in [4.69, 9.17) is 0 Å². The van der Waals surface area contributed by atoms with E-state index in [-0.39, 0.29) is 12.1 Å². The maximum absolute atomic E-state index is 13.3. The summed E-state index contributed by atoms with van der Waals surface area (Å²) in [5, 5.41) is 14.7. The number of piperidine rings is 1. The lowest BCUT2D eigenvalue weighted by atomic mass is 9.94. The fourth-order valence-electron chi connectivity index (χ4n) is 3.98. The number of hydrogen-bond acceptors (Lipinski definition) is 5. The summed E-state index contributed by atoms with van der Waals surface area (Å²) >= 11 is 1.56. The molecule has 2 aromatic heterocycles. The van der Waals surface area contributed by atoms with Gasteiger partial charge >= 0.3 is 0 Å². The number of thiophene rings is 1. The third kappa shape index (κ3) is 3.33. The maximum atomic E-state index is 13.3. The molecule has 0 radical (unpaired) electrons. The van der Waals surface area contributed by atoms with Crippen LogP contribution in [0.1, 0.15) is 28.8 Å². The highest BCUT2D eigenvalue weighted by Gasteiger charge is 2.30. The van der Waals surface area contributed by atoms with Crippen molar-refractivity contribution in [2.45, 2.75) is 45.8 Å². The molecule has 0 spiro atoms. The van der Waals surface area contributed by atoms with Crippen LogP contribution < -0.4 is 10.9 Å². The van der Waals surface area contributed by atoms with Crippen LogP contribution in [0.3, 0.4) is 0 Å². The van der Waals surface area contributed by atoms with Gasteiger partial charge in [0.1, 0.15) is 4.83 Å². The van der Waals surface area contributed by atoms with E-state index in [1.807, 2.05) is 6.92 Å². The molecular weight excluding hydrogens is 358 g/mol. The van der Waals surface area contributed by atoms with Crippen molar-refractivity contribution in [3.8, 4) is 11.1 Å². The molecule has 1 atom stereocenters. The summed E-state index contributed by atoms with van der Waals surface area (Å²) in [5.41, 5.74) is 3.42. The number of nitrogens with one attached hydrogen (secondary N) is 1. The molecular formula is C21H25N3O2S. The van der Waals surface area contributed by atoms with Crippen LogP contribution in [0.4, 0.5) is 0 Å². The van der Waals surface area contributed by atoms with Gasteiger partial charge in [-0.25, -0.2) is 4.98 Å². The van der Waals surface area contributed by atoms with Crippen LogP contribution in [0.25, 0.3) is 21.3 Å². The first-order chi connectivity index (χ1) is 12.9. The van der Waals surface area contributed by atoms with Crippen LogP contribution >= 0.6 is 11.3 Å². The van der Waals surface area contributed by atoms with Gasteiger partial charge in [-0.3, -0.25) is 9.36 Å². The zero-order chi connectivity index (χ0) is 19.2. The van der Waals surface area contributed by atoms with E-state index in [0.29, 0.717) is 18.4 Å². The Balaban J connectivity index is 1.87. The Morgan fingerprint density at radius 1 is 1.33 bits per heavy atom. The number of nitrogens with zero attached hydrogens (tertiary/aromatic N) is 2. The molecule has 142 valence electrons. The van der Waals surface area contributed by atoms with Crippen molar-refractivity contribution >= 4 is 21.6 Å². The van der Waals surface area contributed by atoms with Crippen LogP contribution in [0, 0.1) is 20.8 Å². The molecule has 0 bridgehead atoms. The summed E-state index contributed by atoms with van der Waals surface area (Å²) in [4.78, 5) is 19.8. The molecule has 3 heterocycles. The summed E-state index contributed by atoms with van der Waals surface area (Å²) in [6.45, 7) is 7.87. The number of hydrogen-bond donors (Lipinski definition) is 2. The van der Waals surface area contributed by atoms with Crippen LogP contribution in [0.15, 0.2) is 29.3 Å². The Bertz CT molecular complexity index is 1060. The summed E-state index contributed by atoms with van der Waals surface area (Å²) in [6, 6.07) is 6.32. The first-order valence-corrected chi connectivity index (χ1v) is 10.2. The average molecular weight is 384 g/mol. The fourth-order valence-corrected chi connectivity index (χ4v) is 4.98. The summed E-state index contributed by atoms with van der Waals surface area (Å²) in [5.74, 6) is 0. The van der Waals surface area contributed by atoms with Gasteiger partial charge in [0, 0.05) is 17.0 Å². The van der Waals surface area contributed by atoms with Gasteiger partial charge in [0.05, 0.1) is 23.9 Å². The molecule has 1 fully saturated rings. The summed E-state index contributed by atoms with van der Waals surface area (Å²) < 4.78 is 1.58. The lowest BCUT2D eigenvalue weighted by Crippen LogP contribution is -2.49. The number of benzene rings is 1. The van der Waals surface area contributed by atoms with Crippen molar-refractivity contribution < 1.29 is 5.11 Å². The van der Waals surface area contributed by atoms with Crippen LogP contribution in [0.5, 0.6) is 0 Å². The monoisotopic (exact) mass is 383 g/mol. The summed E-state index contributed by atoms with van der Waals surface area (Å²) in [6.07, 6.45) is 3.18. The Morgan fingerprint density at radius 3 is 2.89 bits per heavy atom. The van der Waals surface area contributed by atoms with Crippen LogP contribution in [-0.2, 0) is 6.54 Å². The zero-order valence-electron chi connectivity index (χ0n) is 16.0. The molecule has 1 aliphatic rings. The number of fused-ring (bicyclic) bond motifs is 1. The first-order valence-electron chi connectivity index (χ1n) is 9.37. The topological polar surface area (TPSA) is 67.2 Å². The minimum absolute atomic E-state index is 0.0701. The molecule has 2 N–H and O–H groups in total. The van der Waals surface area contributed by atoms with E-state index in [1.54, 1.807) is 22.2 Å². The van der Waals surface area contributed by atoms with Crippen molar-refractivity contribution in [3.63, 3.8) is 0 Å². The molecule has 5 nitrogen and oxygen atoms in total. The van der Waals surface area contributed by atoms with Gasteiger partial charge in [-0.05, 0) is 51.3 Å². The molecule has 1 saturated heterocycles. The molecule has 0 saturated carbocycles. The van der Waals surface area contributed by atoms with Gasteiger partial charge in [-0.1, -0.05) is 23.8 Å². The maximum Gasteiger partial charge on any atom is 0.262 e. The lowest BCUT2D eigenvalue weighted by Gasteiger charge is -2.32. The molecule has 0 amide bonds. The Morgan fingerprint density at radius 2 is 2.15 bits per heavy atom. The SMILES string of the molecule is Cc1ccc(C)c(-c2c(C)sc3ncn(CC4(O)CCCNC4)c(=O)c23)c1. The van der Waals surface area contributed by atoms with E-state index < -0.39 is 5.60 Å². The third-order valence-corrected chi connectivity index (χ3v) is 6.44. The molecule has 3 aromatic rings. The van der Waals surface area contributed by atoms with Gasteiger partial charge in [-0.2, -0.15) is 0 Å². The lowest BCUT2D eigenvalue weighted by molar-refractivity contribution is -0.000241. The Hall–Kier alpha value is -2.02. The number of β-amino-alcohol motifs (C(OH)–C–C–N with tert-alkyl or cyclic N) is 1. The van der Waals surface area contributed by atoms with Gasteiger partial charge in [0.2, 0.25) is 0 Å². The fraction of sp³-hybridized carbons (Fsp3) is 0.429. The molecule has 0 aliphatic carbocycles. The number of aliphatic hydroxyl groups is 1. The zero-order valence-corrected chi connectivity index (χ0v) is 16.8. The minimum Gasteiger partial charge on any atom is -0.387 e. The van der Waals surface area contributed by atoms with Gasteiger partial charge in [0.25, 0.3) is 5.56 Å². The highest BCUT2D eigenvalue weighted by atomic mass is 32.1. The van der Waals surface area contributed by atoms with Crippen molar-refractivity contribution in [3.05, 3.63) is 50.9 Å². The van der Waals surface area contributed by atoms with Crippen molar-refractivity contribution in [1.82, 2.24) is 14.9 Å². The molecule has 6 heteroatoms. The molecule has 4 rings (SSSR count). The second kappa shape index (κ2) is 6.86. The van der Waals surface area contributed by atoms with Crippen molar-refractivity contribution in [1.29, 1.82) is 0 Å². The predicted molar refractivity (Wildman–Crippen MR) is 111 cm³/mol. The average Bonchev–Trinajstić information content (AvgIpc) is 2.97. The number of rotatable bonds is 3. The molecule has 27 heavy (non-hydrogen) atoms. The highest BCUT2D eigenvalue weighted by molar-refractivity contribution is 7.19. The quantitative estimate of drug-likeness (QED) is 0.729. The molecule has 1 unspecified atom stereocenters. The third-order valence-electron chi connectivity index (χ3n) is 5.43. The van der Waals surface area contributed by atoms with Crippen LogP contribution in [-0.4, -0.2) is 33.3 Å². The second-order valence-corrected chi connectivity index (χ2v) is 8.92. The van der Waals surface area contributed by atoms with E-state index in [9.17, 15) is 9.90 Å². The van der Waals surface area contributed by atoms with E-state index >= 15 is 0 Å². The van der Waals surface area contributed by atoms with Gasteiger partial charge in [0.15, 0.2) is 0 Å². The van der Waals surface area contributed by atoms with E-state index in [1.165, 1.54) is 5.56 Å². The smallest absolute Gasteiger partial charge is 0.262 e. The van der Waals surface area contributed by atoms with Gasteiger partial charge < -0.3 is 10.4 Å². The van der Waals surface area contributed by atoms with Gasteiger partial charge in [-0.15, -0.1) is 11.3 Å². The first kappa shape index (κ1) is 18.3. The number of aryl methyl sites for hydroxylation is 3. The van der Waals surface area contributed by atoms with E-state index in [0.717, 1.165) is 39.4 Å². The van der Waals surface area contributed by atoms with Crippen molar-refractivity contribution in [2.75, 3.05) is 13.1 Å². The van der Waals surface area contributed by atoms with Crippen LogP contribution in [0.2, 0.25) is 0 Å². The summed E-state index contributed by atoms with van der Waals surface area (Å²) in [7, 11) is 0. The Kier molecular flexibility index (Phi) is 4.66. The van der Waals surface area contributed by atoms with E-state index in [2.05, 4.69) is 42.3 Å². The number of aromatic nitrogens is 2. The molecule has 1 aromatic carbocycles. The highest BCUT2D eigenvalue weighted by Crippen LogP contribution is 2.37. The normalized spacial score (nSPS) is 20.3. The molecule has 1 aliphatic heterocycles.